The molecule has 1 aromatic heterocycles. The number of anilines is 1. The first-order valence-electron chi connectivity index (χ1n) is 3.50. The molecule has 1 heterocycles. The van der Waals surface area contributed by atoms with E-state index in [2.05, 4.69) is 14.7 Å². The summed E-state index contributed by atoms with van der Waals surface area (Å²) in [6.07, 6.45) is 0.541. The van der Waals surface area contributed by atoms with Gasteiger partial charge >= 0.3 is 5.97 Å². The number of nitrogens with one attached hydrogen (secondary N) is 1. The van der Waals surface area contributed by atoms with Crippen molar-refractivity contribution in [1.82, 2.24) is 9.36 Å². The van der Waals surface area contributed by atoms with Crippen LogP contribution in [0.5, 0.6) is 0 Å². The van der Waals surface area contributed by atoms with E-state index in [-0.39, 0.29) is 6.54 Å². The fourth-order valence-electron chi connectivity index (χ4n) is 0.702. The molecule has 1 rings (SSSR count). The van der Waals surface area contributed by atoms with Crippen LogP contribution in [0.4, 0.5) is 5.13 Å². The Hall–Kier alpha value is -1.21. The third-order valence-electron chi connectivity index (χ3n) is 1.36. The van der Waals surface area contributed by atoms with Gasteiger partial charge in [0.15, 0.2) is 6.10 Å². The Morgan fingerprint density at radius 3 is 3.15 bits per heavy atom. The van der Waals surface area contributed by atoms with Gasteiger partial charge in [0.1, 0.15) is 6.33 Å². The Morgan fingerprint density at radius 1 is 1.92 bits per heavy atom. The number of ether oxygens (including phenoxy) is 1. The fraction of sp³-hybridized carbons (Fsp3) is 0.500. The lowest BCUT2D eigenvalue weighted by Gasteiger charge is -2.09. The highest BCUT2D eigenvalue weighted by Crippen LogP contribution is 2.06. The van der Waals surface area contributed by atoms with E-state index >= 15 is 0 Å². The number of aromatic nitrogens is 2. The van der Waals surface area contributed by atoms with E-state index in [4.69, 9.17) is 9.84 Å². The van der Waals surface area contributed by atoms with Crippen LogP contribution in [0, 0.1) is 0 Å². The van der Waals surface area contributed by atoms with Gasteiger partial charge in [0.05, 0.1) is 6.54 Å². The van der Waals surface area contributed by atoms with Gasteiger partial charge in [-0.1, -0.05) is 0 Å². The minimum Gasteiger partial charge on any atom is -0.479 e. The van der Waals surface area contributed by atoms with E-state index in [0.29, 0.717) is 5.13 Å². The van der Waals surface area contributed by atoms with Crippen molar-refractivity contribution in [2.24, 2.45) is 0 Å². The number of carboxylic acid groups (broad SMARTS) is 1. The number of carbonyl (C=O) groups is 1. The molecular formula is C6H9N3O3S. The topological polar surface area (TPSA) is 84.3 Å². The summed E-state index contributed by atoms with van der Waals surface area (Å²) in [4.78, 5) is 14.3. The van der Waals surface area contributed by atoms with Crippen molar-refractivity contribution in [1.29, 1.82) is 0 Å². The van der Waals surface area contributed by atoms with Gasteiger partial charge in [-0.2, -0.15) is 4.37 Å². The highest BCUT2D eigenvalue weighted by molar-refractivity contribution is 7.09. The molecule has 7 heteroatoms. The van der Waals surface area contributed by atoms with Gasteiger partial charge in [-0.15, -0.1) is 0 Å². The maximum absolute atomic E-state index is 10.5. The lowest BCUT2D eigenvalue weighted by molar-refractivity contribution is -0.147. The maximum Gasteiger partial charge on any atom is 0.334 e. The lowest BCUT2D eigenvalue weighted by atomic mass is 10.3. The van der Waals surface area contributed by atoms with Gasteiger partial charge in [0.2, 0.25) is 5.13 Å². The molecule has 0 saturated carbocycles. The van der Waals surface area contributed by atoms with Crippen LogP contribution in [0.1, 0.15) is 0 Å². The summed E-state index contributed by atoms with van der Waals surface area (Å²) in [5.74, 6) is -1.00. The van der Waals surface area contributed by atoms with Gasteiger partial charge in [-0.25, -0.2) is 9.78 Å². The Bertz CT molecular complexity index is 264. The van der Waals surface area contributed by atoms with Crippen LogP contribution < -0.4 is 5.32 Å². The van der Waals surface area contributed by atoms with Crippen molar-refractivity contribution in [3.8, 4) is 0 Å². The number of rotatable bonds is 5. The third kappa shape index (κ3) is 2.96. The second-order valence-corrected chi connectivity index (χ2v) is 2.97. The van der Waals surface area contributed by atoms with Crippen molar-refractivity contribution in [3.05, 3.63) is 6.33 Å². The van der Waals surface area contributed by atoms with Crippen molar-refractivity contribution >= 4 is 22.6 Å². The van der Waals surface area contributed by atoms with E-state index in [0.717, 1.165) is 0 Å². The Balaban J connectivity index is 2.36. The van der Waals surface area contributed by atoms with E-state index in [1.165, 1.54) is 25.0 Å². The van der Waals surface area contributed by atoms with Crippen LogP contribution in [-0.4, -0.2) is 40.2 Å². The Morgan fingerprint density at radius 2 is 2.69 bits per heavy atom. The first-order valence-corrected chi connectivity index (χ1v) is 4.27. The average molecular weight is 203 g/mol. The largest absolute Gasteiger partial charge is 0.479 e. The molecule has 0 saturated heterocycles. The van der Waals surface area contributed by atoms with Crippen molar-refractivity contribution in [3.63, 3.8) is 0 Å². The predicted octanol–water partition coefficient (Wildman–Crippen LogP) is 0.0496. The van der Waals surface area contributed by atoms with Crippen LogP contribution in [0.2, 0.25) is 0 Å². The first-order chi connectivity index (χ1) is 6.24. The van der Waals surface area contributed by atoms with Gasteiger partial charge in [0.25, 0.3) is 0 Å². The molecule has 2 N–H and O–H groups in total. The van der Waals surface area contributed by atoms with E-state index < -0.39 is 12.1 Å². The monoisotopic (exact) mass is 203 g/mol. The summed E-state index contributed by atoms with van der Waals surface area (Å²) >= 11 is 1.17. The molecule has 0 spiro atoms. The molecule has 0 aliphatic carbocycles. The molecule has 0 bridgehead atoms. The zero-order chi connectivity index (χ0) is 9.68. The summed E-state index contributed by atoms with van der Waals surface area (Å²) in [5.41, 5.74) is 0. The maximum atomic E-state index is 10.5. The third-order valence-corrected chi connectivity index (χ3v) is 1.98. The van der Waals surface area contributed by atoms with Gasteiger partial charge in [-0.3, -0.25) is 0 Å². The molecule has 1 aromatic rings. The molecule has 72 valence electrons. The van der Waals surface area contributed by atoms with Gasteiger partial charge < -0.3 is 15.2 Å². The number of methoxy groups -OCH3 is 1. The molecule has 0 radical (unpaired) electrons. The van der Waals surface area contributed by atoms with Crippen LogP contribution in [-0.2, 0) is 9.53 Å². The number of carboxylic acids is 1. The van der Waals surface area contributed by atoms with Gasteiger partial charge in [-0.05, 0) is 0 Å². The molecule has 0 fully saturated rings. The van der Waals surface area contributed by atoms with Crippen molar-refractivity contribution in [2.75, 3.05) is 19.0 Å². The van der Waals surface area contributed by atoms with Crippen LogP contribution in [0.25, 0.3) is 0 Å². The number of hydrogen-bond donors (Lipinski definition) is 2. The molecule has 6 nitrogen and oxygen atoms in total. The highest BCUT2D eigenvalue weighted by atomic mass is 32.1. The molecule has 1 atom stereocenters. The second-order valence-electron chi connectivity index (χ2n) is 2.19. The molecule has 13 heavy (non-hydrogen) atoms. The van der Waals surface area contributed by atoms with E-state index in [1.54, 1.807) is 0 Å². The zero-order valence-corrected chi connectivity index (χ0v) is 7.74. The number of aliphatic carboxylic acids is 1. The number of hydrogen-bond acceptors (Lipinski definition) is 6. The minimum atomic E-state index is -1.00. The Kier molecular flexibility index (Phi) is 3.59. The van der Waals surface area contributed by atoms with E-state index in [1.807, 2.05) is 0 Å². The summed E-state index contributed by atoms with van der Waals surface area (Å²) in [5, 5.41) is 12.0. The predicted molar refractivity (Wildman–Crippen MR) is 46.8 cm³/mol. The van der Waals surface area contributed by atoms with Crippen LogP contribution >= 0.6 is 11.5 Å². The van der Waals surface area contributed by atoms with E-state index in [9.17, 15) is 4.79 Å². The molecule has 1 unspecified atom stereocenters. The first kappa shape index (κ1) is 9.87. The molecule has 0 aliphatic rings. The second kappa shape index (κ2) is 4.73. The normalized spacial score (nSPS) is 12.4. The summed E-state index contributed by atoms with van der Waals surface area (Å²) in [6.45, 7) is 0.182. The Labute approximate surface area is 78.7 Å². The molecule has 0 aliphatic heterocycles. The fourth-order valence-corrected chi connectivity index (χ4v) is 1.14. The highest BCUT2D eigenvalue weighted by Gasteiger charge is 2.15. The van der Waals surface area contributed by atoms with Crippen LogP contribution in [0.15, 0.2) is 6.33 Å². The smallest absolute Gasteiger partial charge is 0.334 e. The standard InChI is InChI=1S/C6H9N3O3S/c1-12-4(5(10)11)2-7-6-8-3-9-13-6/h3-4H,2H2,1H3,(H,10,11)(H,7,8,9). The lowest BCUT2D eigenvalue weighted by Crippen LogP contribution is -2.30. The average Bonchev–Trinajstić information content (AvgIpc) is 2.57. The van der Waals surface area contributed by atoms with Crippen molar-refractivity contribution < 1.29 is 14.6 Å². The summed E-state index contributed by atoms with van der Waals surface area (Å²) < 4.78 is 8.46. The summed E-state index contributed by atoms with van der Waals surface area (Å²) in [7, 11) is 1.35. The molecule has 0 aromatic carbocycles. The minimum absolute atomic E-state index is 0.182. The van der Waals surface area contributed by atoms with Crippen LogP contribution in [0.3, 0.4) is 0 Å². The zero-order valence-electron chi connectivity index (χ0n) is 6.93. The SMILES string of the molecule is COC(CNc1ncns1)C(=O)O. The quantitative estimate of drug-likeness (QED) is 0.703. The summed E-state index contributed by atoms with van der Waals surface area (Å²) in [6, 6.07) is 0. The molecule has 0 amide bonds. The molecular weight excluding hydrogens is 194 g/mol. The van der Waals surface area contributed by atoms with Gasteiger partial charge in [0, 0.05) is 18.6 Å². The van der Waals surface area contributed by atoms with Crippen molar-refractivity contribution in [2.45, 2.75) is 6.10 Å². The number of nitrogens with zero attached hydrogens (tertiary/aromatic N) is 2.